The maximum atomic E-state index is 14.0. The fourth-order valence-corrected chi connectivity index (χ4v) is 9.40. The SMILES string of the molecule is CCCCOc1ccc(C)c2c1O[C@H]1[C@@H](N3CCC(Cc4ccc(F)cc4)C3=O)CC[C@@]3(O)[C@H]4C(C[C@]213)N4CC1CC1. The van der Waals surface area contributed by atoms with Crippen LogP contribution in [0.1, 0.15) is 75.0 Å². The van der Waals surface area contributed by atoms with Gasteiger partial charge in [-0.3, -0.25) is 9.69 Å². The average Bonchev–Trinajstić information content (AvgIpc) is 3.82. The van der Waals surface area contributed by atoms with Crippen LogP contribution in [-0.2, 0) is 16.6 Å². The lowest BCUT2D eigenvalue weighted by Crippen LogP contribution is -2.68. The van der Waals surface area contributed by atoms with E-state index in [4.69, 9.17) is 9.47 Å². The molecule has 0 bridgehead atoms. The van der Waals surface area contributed by atoms with Gasteiger partial charge in [0.2, 0.25) is 5.91 Å². The van der Waals surface area contributed by atoms with Gasteiger partial charge in [-0.25, -0.2) is 4.39 Å². The van der Waals surface area contributed by atoms with Gasteiger partial charge in [-0.15, -0.1) is 0 Å². The van der Waals surface area contributed by atoms with Crippen molar-refractivity contribution >= 4 is 5.91 Å². The van der Waals surface area contributed by atoms with E-state index in [0.29, 0.717) is 32.0 Å². The number of unbranched alkanes of at least 4 members (excludes halogenated alkanes) is 1. The Balaban J connectivity index is 1.13. The highest BCUT2D eigenvalue weighted by Gasteiger charge is 2.81. The first-order chi connectivity index (χ1) is 20.4. The number of hydrogen-bond donors (Lipinski definition) is 1. The van der Waals surface area contributed by atoms with E-state index in [0.717, 1.165) is 72.8 Å². The van der Waals surface area contributed by atoms with Crippen molar-refractivity contribution in [3.63, 3.8) is 0 Å². The Morgan fingerprint density at radius 1 is 1.10 bits per heavy atom. The molecule has 6 nitrogen and oxygen atoms in total. The molecule has 5 fully saturated rings. The number of benzene rings is 2. The molecule has 1 amide bonds. The van der Waals surface area contributed by atoms with Gasteiger partial charge in [0.25, 0.3) is 0 Å². The summed E-state index contributed by atoms with van der Waals surface area (Å²) in [6.45, 7) is 6.73. The third-order valence-corrected chi connectivity index (χ3v) is 11.6. The van der Waals surface area contributed by atoms with Gasteiger partial charge in [-0.2, -0.15) is 0 Å². The number of fused-ring (bicyclic) bond motifs is 3. The van der Waals surface area contributed by atoms with Crippen molar-refractivity contribution < 1.29 is 23.8 Å². The molecule has 7 heteroatoms. The number of aryl methyl sites for hydroxylation is 1. The van der Waals surface area contributed by atoms with Crippen molar-refractivity contribution in [1.29, 1.82) is 0 Å². The summed E-state index contributed by atoms with van der Waals surface area (Å²) < 4.78 is 26.8. The summed E-state index contributed by atoms with van der Waals surface area (Å²) in [5.41, 5.74) is 1.83. The van der Waals surface area contributed by atoms with Crippen LogP contribution in [-0.4, -0.2) is 70.3 Å². The second-order valence-corrected chi connectivity index (χ2v) is 14.0. The summed E-state index contributed by atoms with van der Waals surface area (Å²) in [6.07, 6.45) is 8.03. The molecule has 3 aliphatic carbocycles. The van der Waals surface area contributed by atoms with Crippen LogP contribution < -0.4 is 9.47 Å². The lowest BCUT2D eigenvalue weighted by Gasteiger charge is -2.53. The van der Waals surface area contributed by atoms with Gasteiger partial charge in [0.15, 0.2) is 11.5 Å². The van der Waals surface area contributed by atoms with Gasteiger partial charge in [0, 0.05) is 30.6 Å². The van der Waals surface area contributed by atoms with Crippen molar-refractivity contribution in [2.45, 2.75) is 107 Å². The fraction of sp³-hybridized carbons (Fsp3) is 0.629. The molecular weight excluding hydrogens is 531 g/mol. The molecule has 3 unspecified atom stereocenters. The maximum Gasteiger partial charge on any atom is 0.226 e. The molecule has 0 aromatic heterocycles. The Bertz CT molecular complexity index is 1390. The first-order valence-electron chi connectivity index (χ1n) is 16.3. The van der Waals surface area contributed by atoms with E-state index in [1.165, 1.54) is 25.0 Å². The number of halogens is 1. The van der Waals surface area contributed by atoms with Crippen molar-refractivity contribution in [3.8, 4) is 11.5 Å². The summed E-state index contributed by atoms with van der Waals surface area (Å²) in [6, 6.07) is 11.1. The smallest absolute Gasteiger partial charge is 0.226 e. The highest BCUT2D eigenvalue weighted by atomic mass is 19.1. The number of rotatable bonds is 9. The minimum atomic E-state index is -0.887. The monoisotopic (exact) mass is 574 g/mol. The van der Waals surface area contributed by atoms with Crippen LogP contribution in [0.5, 0.6) is 11.5 Å². The van der Waals surface area contributed by atoms with Gasteiger partial charge >= 0.3 is 0 Å². The number of carbonyl (C=O) groups is 1. The number of hydrogen-bond acceptors (Lipinski definition) is 5. The summed E-state index contributed by atoms with van der Waals surface area (Å²) in [5, 5.41) is 12.9. The van der Waals surface area contributed by atoms with E-state index in [1.54, 1.807) is 12.1 Å². The van der Waals surface area contributed by atoms with Gasteiger partial charge in [-0.1, -0.05) is 31.5 Å². The maximum absolute atomic E-state index is 14.0. The zero-order chi connectivity index (χ0) is 28.8. The summed E-state index contributed by atoms with van der Waals surface area (Å²) in [4.78, 5) is 18.6. The van der Waals surface area contributed by atoms with E-state index in [1.807, 2.05) is 6.07 Å². The Morgan fingerprint density at radius 3 is 2.67 bits per heavy atom. The molecule has 224 valence electrons. The van der Waals surface area contributed by atoms with Crippen molar-refractivity contribution in [2.75, 3.05) is 19.7 Å². The molecule has 2 aromatic rings. The molecule has 2 aromatic carbocycles. The molecule has 3 saturated carbocycles. The predicted molar refractivity (Wildman–Crippen MR) is 157 cm³/mol. The number of likely N-dealkylation sites (tertiary alicyclic amines) is 2. The number of aliphatic hydroxyl groups is 1. The van der Waals surface area contributed by atoms with Crippen molar-refractivity contribution in [3.05, 3.63) is 58.9 Å². The zero-order valence-corrected chi connectivity index (χ0v) is 24.9. The first-order valence-corrected chi connectivity index (χ1v) is 16.3. The second-order valence-electron chi connectivity index (χ2n) is 14.0. The van der Waals surface area contributed by atoms with Crippen LogP contribution in [0.3, 0.4) is 0 Å². The Hall–Kier alpha value is -2.64. The van der Waals surface area contributed by atoms with Gasteiger partial charge < -0.3 is 19.5 Å². The molecule has 3 aliphatic heterocycles. The highest BCUT2D eigenvalue weighted by molar-refractivity contribution is 5.82. The molecule has 1 N–H and O–H groups in total. The quantitative estimate of drug-likeness (QED) is 0.331. The Kier molecular flexibility index (Phi) is 6.21. The highest BCUT2D eigenvalue weighted by Crippen LogP contribution is 2.70. The van der Waals surface area contributed by atoms with E-state index in [2.05, 4.69) is 29.7 Å². The molecule has 1 spiro atoms. The van der Waals surface area contributed by atoms with Crippen LogP contribution in [0, 0.1) is 24.6 Å². The number of carbonyl (C=O) groups excluding carboxylic acids is 1. The molecule has 42 heavy (non-hydrogen) atoms. The summed E-state index contributed by atoms with van der Waals surface area (Å²) in [5.74, 6) is 2.15. The molecule has 6 aliphatic rings. The van der Waals surface area contributed by atoms with E-state index < -0.39 is 11.0 Å². The summed E-state index contributed by atoms with van der Waals surface area (Å²) in [7, 11) is 0. The lowest BCUT2D eigenvalue weighted by atomic mass is 9.57. The van der Waals surface area contributed by atoms with Gasteiger partial charge in [0.05, 0.1) is 29.7 Å². The molecule has 8 rings (SSSR count). The normalized spacial score (nSPS) is 37.6. The van der Waals surface area contributed by atoms with E-state index in [9.17, 15) is 14.3 Å². The standard InChI is InChI=1S/C35H43FN2O4/c1-3-4-17-41-28-12-5-21(2)29-30(28)42-32-26(37-16-14-24(33(37)39)18-22-8-10-25(36)11-9-22)13-15-35(40)31-27(19-34(29,32)35)38(31)20-23-6-7-23/h5,8-12,23-24,26-27,31-32,40H,3-4,6-7,13-20H2,1-2H3/t24?,26-,27?,31+,32-,34-,35+,38?/m0/s1. The molecule has 0 radical (unpaired) electrons. The predicted octanol–water partition coefficient (Wildman–Crippen LogP) is 5.16. The van der Waals surface area contributed by atoms with Crippen LogP contribution >= 0.6 is 0 Å². The molecular formula is C35H43FN2O4. The number of ether oxygens (including phenoxy) is 2. The second kappa shape index (κ2) is 9.68. The lowest BCUT2D eigenvalue weighted by molar-refractivity contribution is -0.150. The first kappa shape index (κ1) is 26.9. The number of piperidine rings is 1. The topological polar surface area (TPSA) is 62.0 Å². The zero-order valence-electron chi connectivity index (χ0n) is 24.9. The molecule has 2 saturated heterocycles. The van der Waals surface area contributed by atoms with Crippen molar-refractivity contribution in [1.82, 2.24) is 9.80 Å². The van der Waals surface area contributed by atoms with E-state index in [-0.39, 0.29) is 35.8 Å². The average molecular weight is 575 g/mol. The van der Waals surface area contributed by atoms with Gasteiger partial charge in [-0.05, 0) is 93.5 Å². The van der Waals surface area contributed by atoms with Crippen LogP contribution in [0.25, 0.3) is 0 Å². The Labute approximate surface area is 248 Å². The minimum Gasteiger partial charge on any atom is -0.490 e. The fourth-order valence-electron chi connectivity index (χ4n) is 9.40. The molecule has 8 atom stereocenters. The number of amides is 1. The van der Waals surface area contributed by atoms with E-state index >= 15 is 0 Å². The van der Waals surface area contributed by atoms with Crippen LogP contribution in [0.2, 0.25) is 0 Å². The number of nitrogens with zero attached hydrogens (tertiary/aromatic N) is 2. The third kappa shape index (κ3) is 3.84. The minimum absolute atomic E-state index is 0.0966. The third-order valence-electron chi connectivity index (χ3n) is 11.6. The van der Waals surface area contributed by atoms with Crippen LogP contribution in [0.15, 0.2) is 36.4 Å². The van der Waals surface area contributed by atoms with Gasteiger partial charge in [0.1, 0.15) is 11.9 Å². The summed E-state index contributed by atoms with van der Waals surface area (Å²) >= 11 is 0. The Morgan fingerprint density at radius 2 is 1.90 bits per heavy atom. The van der Waals surface area contributed by atoms with Crippen LogP contribution in [0.4, 0.5) is 4.39 Å². The molecule has 3 heterocycles. The van der Waals surface area contributed by atoms with Crippen molar-refractivity contribution in [2.24, 2.45) is 11.8 Å². The largest absolute Gasteiger partial charge is 0.490 e.